The van der Waals surface area contributed by atoms with Crippen molar-refractivity contribution in [2.24, 2.45) is 0 Å². The van der Waals surface area contributed by atoms with Crippen molar-refractivity contribution in [3.8, 4) is 0 Å². The fourth-order valence-electron chi connectivity index (χ4n) is 1.67. The second-order valence-corrected chi connectivity index (χ2v) is 8.70. The molecule has 0 saturated heterocycles. The van der Waals surface area contributed by atoms with Crippen molar-refractivity contribution in [3.05, 3.63) is 11.4 Å². The molecule has 5 nitrogen and oxygen atoms in total. The Morgan fingerprint density at radius 3 is 1.65 bits per heavy atom. The molecule has 0 saturated carbocycles. The van der Waals surface area contributed by atoms with E-state index in [2.05, 4.69) is 43.7 Å². The third-order valence-electron chi connectivity index (χ3n) is 2.71. The summed E-state index contributed by atoms with van der Waals surface area (Å²) in [6, 6.07) is 0. The fraction of sp³-hybridized carbons (Fsp3) is 0.800. The van der Waals surface area contributed by atoms with Crippen LogP contribution in [0.5, 0.6) is 0 Å². The molecule has 0 fully saturated rings. The van der Waals surface area contributed by atoms with Gasteiger partial charge < -0.3 is 13.3 Å². The second-order valence-electron chi connectivity index (χ2n) is 4.26. The van der Waals surface area contributed by atoms with Crippen molar-refractivity contribution in [1.82, 2.24) is 9.80 Å². The first kappa shape index (κ1) is 17.0. The van der Waals surface area contributed by atoms with Gasteiger partial charge in [0.15, 0.2) is 0 Å². The maximum absolute atomic E-state index is 5.34. The molecule has 0 rings (SSSR count). The van der Waals surface area contributed by atoms with Crippen LogP contribution in [0.2, 0.25) is 0 Å². The number of hydrogen-bond donors (Lipinski definition) is 0. The second kappa shape index (κ2) is 8.14. The van der Waals surface area contributed by atoms with E-state index in [0.717, 1.165) is 0 Å². The van der Waals surface area contributed by atoms with Gasteiger partial charge in [0, 0.05) is 27.1 Å². The number of rotatable bonds is 8. The van der Waals surface area contributed by atoms with E-state index >= 15 is 0 Å². The van der Waals surface area contributed by atoms with Crippen LogP contribution in [0.25, 0.3) is 0 Å². The summed E-state index contributed by atoms with van der Waals surface area (Å²) in [5, 5.41) is 0. The SMILES string of the molecule is CO[Si](C=C[SiH2]C(N(C)C)N(C)C)(OC)OC. The standard InChI is InChI=1S/C10H26N2O3Si2/c1-11(2)10(12(3)4)16-8-9-17(13-5,14-6)15-7/h8-10H,16H2,1-7H3. The molecule has 0 aromatic rings. The summed E-state index contributed by atoms with van der Waals surface area (Å²) < 4.78 is 16.0. The number of nitrogens with zero attached hydrogens (tertiary/aromatic N) is 2. The van der Waals surface area contributed by atoms with Crippen molar-refractivity contribution in [3.63, 3.8) is 0 Å². The lowest BCUT2D eigenvalue weighted by Gasteiger charge is -2.29. The van der Waals surface area contributed by atoms with Gasteiger partial charge in [-0.05, 0) is 33.9 Å². The molecule has 0 radical (unpaired) electrons. The van der Waals surface area contributed by atoms with Gasteiger partial charge >= 0.3 is 8.80 Å². The van der Waals surface area contributed by atoms with Crippen LogP contribution in [-0.2, 0) is 13.3 Å². The first-order chi connectivity index (χ1) is 7.92. The Balaban J connectivity index is 4.51. The molecule has 0 heterocycles. The largest absolute Gasteiger partial charge is 0.528 e. The maximum Gasteiger partial charge on any atom is 0.528 e. The molecule has 0 amide bonds. The molecule has 7 heteroatoms. The van der Waals surface area contributed by atoms with Crippen LogP contribution in [0, 0.1) is 0 Å². The third kappa shape index (κ3) is 5.43. The average Bonchev–Trinajstić information content (AvgIpc) is 2.29. The quantitative estimate of drug-likeness (QED) is 0.441. The smallest absolute Gasteiger partial charge is 0.374 e. The van der Waals surface area contributed by atoms with Crippen molar-refractivity contribution < 1.29 is 13.3 Å². The average molecular weight is 279 g/mol. The van der Waals surface area contributed by atoms with E-state index < -0.39 is 18.3 Å². The zero-order chi connectivity index (χ0) is 13.5. The van der Waals surface area contributed by atoms with Crippen LogP contribution in [0.1, 0.15) is 0 Å². The highest BCUT2D eigenvalue weighted by atomic mass is 28.4. The lowest BCUT2D eigenvalue weighted by atomic mass is 10.8. The summed E-state index contributed by atoms with van der Waals surface area (Å²) in [5.41, 5.74) is 4.19. The summed E-state index contributed by atoms with van der Waals surface area (Å²) in [4.78, 5) is 4.46. The van der Waals surface area contributed by atoms with Crippen LogP contribution in [0.15, 0.2) is 11.4 Å². The Bertz CT molecular complexity index is 217. The van der Waals surface area contributed by atoms with E-state index in [9.17, 15) is 0 Å². The summed E-state index contributed by atoms with van der Waals surface area (Å²) in [6.45, 7) is 0. The molecule has 0 aromatic heterocycles. The highest BCUT2D eigenvalue weighted by Crippen LogP contribution is 2.07. The Labute approximate surface area is 109 Å². The molecule has 0 aliphatic carbocycles. The van der Waals surface area contributed by atoms with E-state index in [1.54, 1.807) is 21.3 Å². The Hall–Kier alpha value is -0.0262. The molecule has 0 atom stereocenters. The van der Waals surface area contributed by atoms with E-state index in [4.69, 9.17) is 13.3 Å². The summed E-state index contributed by atoms with van der Waals surface area (Å²) in [5.74, 6) is 0.489. The molecular weight excluding hydrogens is 252 g/mol. The van der Waals surface area contributed by atoms with Gasteiger partial charge in [0.1, 0.15) is 0 Å². The minimum Gasteiger partial charge on any atom is -0.374 e. The topological polar surface area (TPSA) is 34.2 Å². The van der Waals surface area contributed by atoms with Gasteiger partial charge in [-0.2, -0.15) is 0 Å². The predicted octanol–water partition coefficient (Wildman–Crippen LogP) is -0.507. The predicted molar refractivity (Wildman–Crippen MR) is 75.6 cm³/mol. The van der Waals surface area contributed by atoms with Crippen LogP contribution < -0.4 is 0 Å². The molecule has 0 unspecified atom stereocenters. The van der Waals surface area contributed by atoms with Crippen LogP contribution in [0.3, 0.4) is 0 Å². The fourth-order valence-corrected chi connectivity index (χ4v) is 5.37. The van der Waals surface area contributed by atoms with Gasteiger partial charge in [0.2, 0.25) is 0 Å². The number of hydrogen-bond acceptors (Lipinski definition) is 5. The molecule has 0 N–H and O–H groups in total. The van der Waals surface area contributed by atoms with Crippen molar-refractivity contribution >= 4 is 18.3 Å². The van der Waals surface area contributed by atoms with Crippen molar-refractivity contribution in [2.45, 2.75) is 5.79 Å². The zero-order valence-electron chi connectivity index (χ0n) is 12.1. The third-order valence-corrected chi connectivity index (χ3v) is 7.93. The lowest BCUT2D eigenvalue weighted by Crippen LogP contribution is -2.45. The molecule has 102 valence electrons. The summed E-state index contributed by atoms with van der Waals surface area (Å²) >= 11 is 0. The molecular formula is C10H26N2O3Si2. The summed E-state index contributed by atoms with van der Waals surface area (Å²) in [6.07, 6.45) is 0. The van der Waals surface area contributed by atoms with E-state index in [1.165, 1.54) is 0 Å². The van der Waals surface area contributed by atoms with E-state index in [1.807, 2.05) is 5.70 Å². The van der Waals surface area contributed by atoms with Gasteiger partial charge in [-0.15, -0.1) is 0 Å². The molecule has 0 aliphatic heterocycles. The van der Waals surface area contributed by atoms with Gasteiger partial charge in [-0.1, -0.05) is 5.70 Å². The first-order valence-corrected chi connectivity index (χ1v) is 9.02. The first-order valence-electron chi connectivity index (χ1n) is 5.58. The monoisotopic (exact) mass is 278 g/mol. The Morgan fingerprint density at radius 1 is 0.941 bits per heavy atom. The van der Waals surface area contributed by atoms with Crippen LogP contribution in [-0.4, -0.2) is 83.4 Å². The van der Waals surface area contributed by atoms with Gasteiger partial charge in [0.05, 0.1) is 9.52 Å². The Kier molecular flexibility index (Phi) is 8.13. The van der Waals surface area contributed by atoms with Gasteiger partial charge in [-0.3, -0.25) is 9.80 Å². The molecule has 0 aromatic carbocycles. The normalized spacial score (nSPS) is 14.2. The lowest BCUT2D eigenvalue weighted by molar-refractivity contribution is 0.138. The maximum atomic E-state index is 5.34. The molecule has 0 spiro atoms. The van der Waals surface area contributed by atoms with Gasteiger partial charge in [0.25, 0.3) is 0 Å². The molecule has 0 bridgehead atoms. The van der Waals surface area contributed by atoms with Crippen molar-refractivity contribution in [1.29, 1.82) is 0 Å². The highest BCUT2D eigenvalue weighted by molar-refractivity contribution is 6.67. The highest BCUT2D eigenvalue weighted by Gasteiger charge is 2.34. The van der Waals surface area contributed by atoms with Crippen LogP contribution >= 0.6 is 0 Å². The minimum atomic E-state index is -2.54. The molecule has 17 heavy (non-hydrogen) atoms. The minimum absolute atomic E-state index is 0.411. The van der Waals surface area contributed by atoms with E-state index in [-0.39, 0.29) is 0 Å². The Morgan fingerprint density at radius 2 is 1.35 bits per heavy atom. The summed E-state index contributed by atoms with van der Waals surface area (Å²) in [7, 11) is 10.3. The zero-order valence-corrected chi connectivity index (χ0v) is 14.5. The van der Waals surface area contributed by atoms with E-state index in [0.29, 0.717) is 5.79 Å². The van der Waals surface area contributed by atoms with Gasteiger partial charge in [-0.25, -0.2) is 0 Å². The van der Waals surface area contributed by atoms with Crippen molar-refractivity contribution in [2.75, 3.05) is 49.5 Å². The van der Waals surface area contributed by atoms with Crippen LogP contribution in [0.4, 0.5) is 0 Å². The molecule has 0 aliphatic rings.